The van der Waals surface area contributed by atoms with Crippen LogP contribution < -0.4 is 5.32 Å². The maximum Gasteiger partial charge on any atom is 0.241 e. The van der Waals surface area contributed by atoms with Crippen molar-refractivity contribution in [2.75, 3.05) is 18.4 Å². The number of amides is 1. The van der Waals surface area contributed by atoms with Crippen LogP contribution in [0, 0.1) is 5.92 Å². The number of anilines is 1. The molecular weight excluding hydrogens is 424 g/mol. The van der Waals surface area contributed by atoms with Crippen molar-refractivity contribution in [3.05, 3.63) is 65.0 Å². The minimum atomic E-state index is -0.0535. The predicted molar refractivity (Wildman–Crippen MR) is 126 cm³/mol. The van der Waals surface area contributed by atoms with Gasteiger partial charge in [-0.3, -0.25) is 9.69 Å². The van der Waals surface area contributed by atoms with Crippen molar-refractivity contribution in [1.29, 1.82) is 0 Å². The molecule has 1 unspecified atom stereocenters. The van der Waals surface area contributed by atoms with E-state index in [9.17, 15) is 4.79 Å². The minimum absolute atomic E-state index is 0.0535. The number of nitrogens with zero attached hydrogens (tertiary/aromatic N) is 3. The molecule has 1 aliphatic heterocycles. The lowest BCUT2D eigenvalue weighted by molar-refractivity contribution is -0.121. The van der Waals surface area contributed by atoms with Crippen molar-refractivity contribution in [2.45, 2.75) is 45.6 Å². The van der Waals surface area contributed by atoms with Crippen LogP contribution in [0.5, 0.6) is 0 Å². The Morgan fingerprint density at radius 3 is 2.72 bits per heavy atom. The first-order valence-corrected chi connectivity index (χ1v) is 11.7. The average Bonchev–Trinajstić information content (AvgIpc) is 3.27. The Balaban J connectivity index is 1.31. The number of hydrogen-bond acceptors (Lipinski definition) is 5. The molecule has 1 aliphatic rings. The van der Waals surface area contributed by atoms with Gasteiger partial charge in [0.25, 0.3) is 0 Å². The Morgan fingerprint density at radius 2 is 1.97 bits per heavy atom. The Labute approximate surface area is 194 Å². The maximum atomic E-state index is 12.8. The Morgan fingerprint density at radius 1 is 1.19 bits per heavy atom. The summed E-state index contributed by atoms with van der Waals surface area (Å²) in [5.41, 5.74) is 3.03. The normalized spacial score (nSPS) is 16.8. The smallest absolute Gasteiger partial charge is 0.241 e. The van der Waals surface area contributed by atoms with Gasteiger partial charge < -0.3 is 9.84 Å². The molecule has 168 valence electrons. The number of carbonyl (C=O) groups excluding carboxylic acids is 1. The first-order valence-electron chi connectivity index (χ1n) is 11.3. The van der Waals surface area contributed by atoms with E-state index < -0.39 is 0 Å². The van der Waals surface area contributed by atoms with Gasteiger partial charge in [0.2, 0.25) is 17.6 Å². The van der Waals surface area contributed by atoms with E-state index in [-0.39, 0.29) is 11.8 Å². The molecule has 32 heavy (non-hydrogen) atoms. The molecule has 0 bridgehead atoms. The van der Waals surface area contributed by atoms with E-state index in [1.807, 2.05) is 24.3 Å². The zero-order chi connectivity index (χ0) is 22.3. The van der Waals surface area contributed by atoms with E-state index in [2.05, 4.69) is 39.4 Å². The molecule has 0 radical (unpaired) electrons. The van der Waals surface area contributed by atoms with Crippen LogP contribution in [0.3, 0.4) is 0 Å². The second kappa shape index (κ2) is 10.7. The standard InChI is InChI=1S/C25H29ClN4O2/c1-2-3-5-18-7-13-22(14-8-18)27-25(31)20-6-4-15-30(16-20)17-23-28-24(29-32-23)19-9-11-21(26)12-10-19/h7-14,20H,2-6,15-17H2,1H3,(H,27,31). The largest absolute Gasteiger partial charge is 0.338 e. The number of nitrogens with one attached hydrogen (secondary N) is 1. The highest BCUT2D eigenvalue weighted by Gasteiger charge is 2.27. The maximum absolute atomic E-state index is 12.8. The van der Waals surface area contributed by atoms with Gasteiger partial charge in [-0.15, -0.1) is 0 Å². The summed E-state index contributed by atoms with van der Waals surface area (Å²) in [5.74, 6) is 1.12. The van der Waals surface area contributed by atoms with Gasteiger partial charge >= 0.3 is 0 Å². The number of aryl methyl sites for hydroxylation is 1. The molecule has 1 saturated heterocycles. The number of rotatable bonds is 8. The number of unbranched alkanes of at least 4 members (excludes halogenated alkanes) is 1. The molecule has 1 N–H and O–H groups in total. The Hall–Kier alpha value is -2.70. The topological polar surface area (TPSA) is 71.3 Å². The Bertz CT molecular complexity index is 1020. The summed E-state index contributed by atoms with van der Waals surface area (Å²) in [5, 5.41) is 7.83. The second-order valence-corrected chi connectivity index (χ2v) is 8.82. The highest BCUT2D eigenvalue weighted by Crippen LogP contribution is 2.23. The van der Waals surface area contributed by atoms with Crippen LogP contribution >= 0.6 is 11.6 Å². The van der Waals surface area contributed by atoms with E-state index >= 15 is 0 Å². The first-order chi connectivity index (χ1) is 15.6. The highest BCUT2D eigenvalue weighted by atomic mass is 35.5. The third kappa shape index (κ3) is 5.96. The molecule has 1 atom stereocenters. The summed E-state index contributed by atoms with van der Waals surface area (Å²) < 4.78 is 5.45. The number of hydrogen-bond donors (Lipinski definition) is 1. The number of likely N-dealkylation sites (tertiary alicyclic amines) is 1. The average molecular weight is 453 g/mol. The van der Waals surface area contributed by atoms with Crippen LogP contribution in [0.4, 0.5) is 5.69 Å². The van der Waals surface area contributed by atoms with E-state index in [1.165, 1.54) is 18.4 Å². The van der Waals surface area contributed by atoms with E-state index in [1.54, 1.807) is 12.1 Å². The zero-order valence-electron chi connectivity index (χ0n) is 18.4. The van der Waals surface area contributed by atoms with Gasteiger partial charge in [0.15, 0.2) is 0 Å². The summed E-state index contributed by atoms with van der Waals surface area (Å²) in [6, 6.07) is 15.6. The third-order valence-corrected chi connectivity index (χ3v) is 6.10. The molecule has 0 spiro atoms. The van der Waals surface area contributed by atoms with Crippen LogP contribution in [0.2, 0.25) is 5.02 Å². The van der Waals surface area contributed by atoms with Gasteiger partial charge in [0.05, 0.1) is 12.5 Å². The summed E-state index contributed by atoms with van der Waals surface area (Å²) in [6.45, 7) is 4.32. The fourth-order valence-corrected chi connectivity index (χ4v) is 4.15. The molecule has 4 rings (SSSR count). The molecule has 0 saturated carbocycles. The molecule has 7 heteroatoms. The van der Waals surface area contributed by atoms with Crippen molar-refractivity contribution < 1.29 is 9.32 Å². The van der Waals surface area contributed by atoms with Crippen molar-refractivity contribution in [3.8, 4) is 11.4 Å². The van der Waals surface area contributed by atoms with E-state index in [0.717, 1.165) is 37.1 Å². The van der Waals surface area contributed by atoms with Gasteiger partial charge in [0, 0.05) is 22.8 Å². The molecule has 1 aromatic heterocycles. The molecular formula is C25H29ClN4O2. The summed E-state index contributed by atoms with van der Waals surface area (Å²) in [6.07, 6.45) is 5.30. The monoisotopic (exact) mass is 452 g/mol. The fourth-order valence-electron chi connectivity index (χ4n) is 4.02. The van der Waals surface area contributed by atoms with Crippen LogP contribution in [-0.4, -0.2) is 34.0 Å². The number of aromatic nitrogens is 2. The Kier molecular flexibility index (Phi) is 7.55. The van der Waals surface area contributed by atoms with Crippen LogP contribution in [0.25, 0.3) is 11.4 Å². The molecule has 3 aromatic rings. The lowest BCUT2D eigenvalue weighted by Crippen LogP contribution is -2.40. The van der Waals surface area contributed by atoms with Crippen molar-refractivity contribution >= 4 is 23.2 Å². The number of carbonyl (C=O) groups is 1. The van der Waals surface area contributed by atoms with Crippen molar-refractivity contribution in [1.82, 2.24) is 15.0 Å². The van der Waals surface area contributed by atoms with Gasteiger partial charge in [-0.2, -0.15) is 4.98 Å². The molecule has 6 nitrogen and oxygen atoms in total. The molecule has 1 amide bonds. The van der Waals surface area contributed by atoms with Crippen molar-refractivity contribution in [3.63, 3.8) is 0 Å². The number of piperidine rings is 1. The molecule has 0 aliphatic carbocycles. The second-order valence-electron chi connectivity index (χ2n) is 8.38. The van der Waals surface area contributed by atoms with Gasteiger partial charge in [-0.25, -0.2) is 0 Å². The van der Waals surface area contributed by atoms with Crippen LogP contribution in [0.15, 0.2) is 53.1 Å². The summed E-state index contributed by atoms with van der Waals surface area (Å²) in [4.78, 5) is 19.6. The highest BCUT2D eigenvalue weighted by molar-refractivity contribution is 6.30. The molecule has 2 heterocycles. The third-order valence-electron chi connectivity index (χ3n) is 5.85. The van der Waals surface area contributed by atoms with Crippen molar-refractivity contribution in [2.24, 2.45) is 5.92 Å². The lowest BCUT2D eigenvalue weighted by Gasteiger charge is -2.30. The van der Waals surface area contributed by atoms with E-state index in [4.69, 9.17) is 16.1 Å². The van der Waals surface area contributed by atoms with Gasteiger partial charge in [-0.05, 0) is 74.2 Å². The zero-order valence-corrected chi connectivity index (χ0v) is 19.1. The predicted octanol–water partition coefficient (Wildman–Crippen LogP) is 5.58. The quantitative estimate of drug-likeness (QED) is 0.482. The fraction of sp³-hybridized carbons (Fsp3) is 0.400. The molecule has 2 aromatic carbocycles. The SMILES string of the molecule is CCCCc1ccc(NC(=O)C2CCCN(Cc3nc(-c4ccc(Cl)cc4)no3)C2)cc1. The van der Waals surface area contributed by atoms with Crippen LogP contribution in [-0.2, 0) is 17.8 Å². The molecule has 1 fully saturated rings. The van der Waals surface area contributed by atoms with Crippen LogP contribution in [0.1, 0.15) is 44.1 Å². The lowest BCUT2D eigenvalue weighted by atomic mass is 9.97. The first kappa shape index (κ1) is 22.5. The van der Waals surface area contributed by atoms with Gasteiger partial charge in [0.1, 0.15) is 0 Å². The van der Waals surface area contributed by atoms with Gasteiger partial charge in [-0.1, -0.05) is 42.2 Å². The minimum Gasteiger partial charge on any atom is -0.338 e. The number of halogens is 1. The summed E-state index contributed by atoms with van der Waals surface area (Å²) in [7, 11) is 0. The number of benzene rings is 2. The van der Waals surface area contributed by atoms with E-state index in [0.29, 0.717) is 29.8 Å². The summed E-state index contributed by atoms with van der Waals surface area (Å²) >= 11 is 5.94.